The van der Waals surface area contributed by atoms with Gasteiger partial charge in [-0.2, -0.15) is 0 Å². The predicted molar refractivity (Wildman–Crippen MR) is 70.0 cm³/mol. The van der Waals surface area contributed by atoms with Gasteiger partial charge in [0.15, 0.2) is 0 Å². The maximum absolute atomic E-state index is 5.83. The molecular formula is C12H13ClN4. The minimum Gasteiger partial charge on any atom is -0.369 e. The van der Waals surface area contributed by atoms with Gasteiger partial charge in [0.2, 0.25) is 5.95 Å². The lowest BCUT2D eigenvalue weighted by Crippen LogP contribution is -2.17. The number of para-hydroxylation sites is 1. The maximum atomic E-state index is 5.83. The Bertz CT molecular complexity index is 481. The number of anilines is 2. The number of rotatable bonds is 3. The first-order valence-electron chi connectivity index (χ1n) is 5.20. The Morgan fingerprint density at radius 3 is 2.59 bits per heavy atom. The predicted octanol–water partition coefficient (Wildman–Crippen LogP) is 2.35. The normalized spacial score (nSPS) is 10.2. The second-order valence-corrected chi connectivity index (χ2v) is 4.12. The molecule has 0 aliphatic carbocycles. The summed E-state index contributed by atoms with van der Waals surface area (Å²) in [7, 11) is 1.99. The van der Waals surface area contributed by atoms with E-state index in [1.54, 1.807) is 6.07 Å². The van der Waals surface area contributed by atoms with Crippen LogP contribution in [0.1, 0.15) is 5.69 Å². The standard InChI is InChI=1S/C12H13ClN4/c1-17(10-5-3-2-4-6-10)8-9-7-11(13)16-12(14)15-9/h2-7H,8H2,1H3,(H2,14,15,16). The molecule has 0 saturated heterocycles. The molecule has 0 radical (unpaired) electrons. The highest BCUT2D eigenvalue weighted by Gasteiger charge is 2.05. The average molecular weight is 249 g/mol. The molecule has 2 N–H and O–H groups in total. The van der Waals surface area contributed by atoms with Crippen molar-refractivity contribution in [2.24, 2.45) is 0 Å². The Kier molecular flexibility index (Phi) is 3.44. The Morgan fingerprint density at radius 1 is 1.24 bits per heavy atom. The van der Waals surface area contributed by atoms with Gasteiger partial charge in [-0.25, -0.2) is 9.97 Å². The van der Waals surface area contributed by atoms with E-state index in [1.165, 1.54) is 0 Å². The van der Waals surface area contributed by atoms with Crippen molar-refractivity contribution in [1.82, 2.24) is 9.97 Å². The molecule has 0 unspecified atom stereocenters. The van der Waals surface area contributed by atoms with Crippen molar-refractivity contribution < 1.29 is 0 Å². The van der Waals surface area contributed by atoms with Crippen LogP contribution in [0.3, 0.4) is 0 Å². The third-order valence-corrected chi connectivity index (χ3v) is 2.55. The largest absolute Gasteiger partial charge is 0.369 e. The van der Waals surface area contributed by atoms with Gasteiger partial charge in [-0.05, 0) is 18.2 Å². The molecule has 0 spiro atoms. The number of aromatic nitrogens is 2. The fourth-order valence-corrected chi connectivity index (χ4v) is 1.79. The molecule has 0 aliphatic heterocycles. The maximum Gasteiger partial charge on any atom is 0.221 e. The highest BCUT2D eigenvalue weighted by atomic mass is 35.5. The van der Waals surface area contributed by atoms with E-state index in [0.717, 1.165) is 11.4 Å². The summed E-state index contributed by atoms with van der Waals surface area (Å²) in [6.07, 6.45) is 0. The SMILES string of the molecule is CN(Cc1cc(Cl)nc(N)n1)c1ccccc1. The van der Waals surface area contributed by atoms with Crippen molar-refractivity contribution in [2.45, 2.75) is 6.54 Å². The van der Waals surface area contributed by atoms with Gasteiger partial charge in [0, 0.05) is 12.7 Å². The molecule has 2 aromatic rings. The molecular weight excluding hydrogens is 236 g/mol. The van der Waals surface area contributed by atoms with Crippen LogP contribution in [0.2, 0.25) is 5.15 Å². The third kappa shape index (κ3) is 3.07. The van der Waals surface area contributed by atoms with Crippen LogP contribution in [0.15, 0.2) is 36.4 Å². The smallest absolute Gasteiger partial charge is 0.221 e. The molecule has 1 aromatic heterocycles. The Labute approximate surface area is 105 Å². The van der Waals surface area contributed by atoms with Gasteiger partial charge in [0.05, 0.1) is 12.2 Å². The molecule has 0 fully saturated rings. The zero-order valence-electron chi connectivity index (χ0n) is 9.47. The molecule has 0 amide bonds. The third-order valence-electron chi connectivity index (χ3n) is 2.36. The van der Waals surface area contributed by atoms with Gasteiger partial charge in [0.25, 0.3) is 0 Å². The van der Waals surface area contributed by atoms with E-state index >= 15 is 0 Å². The minimum absolute atomic E-state index is 0.203. The van der Waals surface area contributed by atoms with Crippen LogP contribution in [0.4, 0.5) is 11.6 Å². The van der Waals surface area contributed by atoms with Gasteiger partial charge in [-0.1, -0.05) is 29.8 Å². The van der Waals surface area contributed by atoms with Gasteiger partial charge in [-0.3, -0.25) is 0 Å². The zero-order chi connectivity index (χ0) is 12.3. The van der Waals surface area contributed by atoms with E-state index in [9.17, 15) is 0 Å². The first-order valence-corrected chi connectivity index (χ1v) is 5.58. The van der Waals surface area contributed by atoms with Gasteiger partial charge in [-0.15, -0.1) is 0 Å². The van der Waals surface area contributed by atoms with E-state index in [-0.39, 0.29) is 5.95 Å². The molecule has 1 heterocycles. The lowest BCUT2D eigenvalue weighted by molar-refractivity contribution is 0.879. The molecule has 2 rings (SSSR count). The van der Waals surface area contributed by atoms with Crippen molar-refractivity contribution in [3.63, 3.8) is 0 Å². The zero-order valence-corrected chi connectivity index (χ0v) is 10.2. The van der Waals surface area contributed by atoms with Crippen LogP contribution in [-0.2, 0) is 6.54 Å². The molecule has 5 heteroatoms. The average Bonchev–Trinajstić information content (AvgIpc) is 2.28. The summed E-state index contributed by atoms with van der Waals surface area (Å²) in [5, 5.41) is 0.369. The molecule has 0 saturated carbocycles. The molecule has 88 valence electrons. The summed E-state index contributed by atoms with van der Waals surface area (Å²) in [4.78, 5) is 10.0. The van der Waals surface area contributed by atoms with E-state index in [0.29, 0.717) is 11.7 Å². The molecule has 0 bridgehead atoms. The minimum atomic E-state index is 0.203. The number of halogens is 1. The number of hydrogen-bond acceptors (Lipinski definition) is 4. The second-order valence-electron chi connectivity index (χ2n) is 3.73. The summed E-state index contributed by atoms with van der Waals surface area (Å²) < 4.78 is 0. The monoisotopic (exact) mass is 248 g/mol. The van der Waals surface area contributed by atoms with E-state index in [2.05, 4.69) is 14.9 Å². The first kappa shape index (κ1) is 11.7. The summed E-state index contributed by atoms with van der Waals surface area (Å²) in [6, 6.07) is 11.8. The fourth-order valence-electron chi connectivity index (χ4n) is 1.58. The van der Waals surface area contributed by atoms with Crippen LogP contribution in [0, 0.1) is 0 Å². The Balaban J connectivity index is 2.16. The molecule has 0 aliphatic rings. The van der Waals surface area contributed by atoms with Crippen LogP contribution < -0.4 is 10.6 Å². The number of nitrogens with two attached hydrogens (primary N) is 1. The summed E-state index contributed by atoms with van der Waals surface area (Å²) in [5.74, 6) is 0.203. The highest BCUT2D eigenvalue weighted by molar-refractivity contribution is 6.29. The van der Waals surface area contributed by atoms with Crippen molar-refractivity contribution >= 4 is 23.2 Å². The first-order chi connectivity index (χ1) is 8.15. The lowest BCUT2D eigenvalue weighted by Gasteiger charge is -2.18. The molecule has 4 nitrogen and oxygen atoms in total. The van der Waals surface area contributed by atoms with Crippen LogP contribution >= 0.6 is 11.6 Å². The van der Waals surface area contributed by atoms with Crippen molar-refractivity contribution in [1.29, 1.82) is 0 Å². The molecule has 1 aromatic carbocycles. The Morgan fingerprint density at radius 2 is 1.94 bits per heavy atom. The second kappa shape index (κ2) is 5.01. The van der Waals surface area contributed by atoms with Gasteiger partial charge in [0.1, 0.15) is 5.15 Å². The van der Waals surface area contributed by atoms with Crippen LogP contribution in [0.25, 0.3) is 0 Å². The summed E-state index contributed by atoms with van der Waals surface area (Å²) in [5.41, 5.74) is 7.46. The molecule has 0 atom stereocenters. The number of nitrogen functional groups attached to an aromatic ring is 1. The summed E-state index contributed by atoms with van der Waals surface area (Å²) >= 11 is 5.83. The van der Waals surface area contributed by atoms with Crippen molar-refractivity contribution in [3.8, 4) is 0 Å². The Hall–Kier alpha value is -1.81. The van der Waals surface area contributed by atoms with Gasteiger partial charge >= 0.3 is 0 Å². The lowest BCUT2D eigenvalue weighted by atomic mass is 10.3. The number of nitrogens with zero attached hydrogens (tertiary/aromatic N) is 3. The van der Waals surface area contributed by atoms with E-state index < -0.39 is 0 Å². The van der Waals surface area contributed by atoms with E-state index in [1.807, 2.05) is 37.4 Å². The number of benzene rings is 1. The topological polar surface area (TPSA) is 55.0 Å². The van der Waals surface area contributed by atoms with Crippen molar-refractivity contribution in [3.05, 3.63) is 47.2 Å². The van der Waals surface area contributed by atoms with Gasteiger partial charge < -0.3 is 10.6 Å². The van der Waals surface area contributed by atoms with E-state index in [4.69, 9.17) is 17.3 Å². The molecule has 17 heavy (non-hydrogen) atoms. The summed E-state index contributed by atoms with van der Waals surface area (Å²) in [6.45, 7) is 0.635. The number of hydrogen-bond donors (Lipinski definition) is 1. The van der Waals surface area contributed by atoms with Crippen LogP contribution in [-0.4, -0.2) is 17.0 Å². The quantitative estimate of drug-likeness (QED) is 0.848. The highest BCUT2D eigenvalue weighted by Crippen LogP contribution is 2.15. The van der Waals surface area contributed by atoms with Crippen molar-refractivity contribution in [2.75, 3.05) is 17.7 Å². The van der Waals surface area contributed by atoms with Crippen LogP contribution in [0.5, 0.6) is 0 Å². The fraction of sp³-hybridized carbons (Fsp3) is 0.167.